The van der Waals surface area contributed by atoms with Gasteiger partial charge in [0.15, 0.2) is 0 Å². The standard InChI is InChI=1S/C12H18N2O2/c1-3-5-14-10(15)7-9(13)11(14)12-8(2)4-6-16-12/h4,6,9,11H,3,5,7,13H2,1-2H3. The van der Waals surface area contributed by atoms with E-state index >= 15 is 0 Å². The highest BCUT2D eigenvalue weighted by Gasteiger charge is 2.40. The molecule has 2 atom stereocenters. The summed E-state index contributed by atoms with van der Waals surface area (Å²) in [5.74, 6) is 0.974. The number of carbonyl (C=O) groups excluding carboxylic acids is 1. The zero-order valence-corrected chi connectivity index (χ0v) is 9.77. The molecule has 1 aliphatic rings. The number of rotatable bonds is 3. The zero-order valence-electron chi connectivity index (χ0n) is 9.77. The Kier molecular flexibility index (Phi) is 3.01. The molecule has 2 unspecified atom stereocenters. The predicted molar refractivity (Wildman–Crippen MR) is 60.8 cm³/mol. The Morgan fingerprint density at radius 2 is 2.38 bits per heavy atom. The average Bonchev–Trinajstić information content (AvgIpc) is 2.73. The van der Waals surface area contributed by atoms with Gasteiger partial charge in [0.2, 0.25) is 5.91 Å². The van der Waals surface area contributed by atoms with E-state index in [1.54, 1.807) is 6.26 Å². The van der Waals surface area contributed by atoms with Crippen LogP contribution in [0, 0.1) is 6.92 Å². The largest absolute Gasteiger partial charge is 0.467 e. The van der Waals surface area contributed by atoms with Crippen LogP contribution in [-0.2, 0) is 4.79 Å². The first-order chi connectivity index (χ1) is 7.65. The monoisotopic (exact) mass is 222 g/mol. The fourth-order valence-electron chi connectivity index (χ4n) is 2.34. The number of carbonyl (C=O) groups is 1. The number of furan rings is 1. The van der Waals surface area contributed by atoms with Crippen molar-refractivity contribution in [2.24, 2.45) is 5.73 Å². The lowest BCUT2D eigenvalue weighted by atomic mass is 10.0. The molecule has 2 N–H and O–H groups in total. The fraction of sp³-hybridized carbons (Fsp3) is 0.583. The first kappa shape index (κ1) is 11.2. The predicted octanol–water partition coefficient (Wildman–Crippen LogP) is 1.60. The minimum Gasteiger partial charge on any atom is -0.467 e. The van der Waals surface area contributed by atoms with Gasteiger partial charge in [-0.05, 0) is 25.0 Å². The van der Waals surface area contributed by atoms with E-state index in [9.17, 15) is 4.79 Å². The summed E-state index contributed by atoms with van der Waals surface area (Å²) in [6, 6.07) is 1.68. The van der Waals surface area contributed by atoms with Gasteiger partial charge in [0, 0.05) is 19.0 Å². The lowest BCUT2D eigenvalue weighted by Gasteiger charge is -2.25. The van der Waals surface area contributed by atoms with Crippen molar-refractivity contribution in [3.05, 3.63) is 23.7 Å². The normalized spacial score (nSPS) is 25.4. The number of nitrogens with two attached hydrogens (primary N) is 1. The average molecular weight is 222 g/mol. The quantitative estimate of drug-likeness (QED) is 0.845. The van der Waals surface area contributed by atoms with Gasteiger partial charge in [-0.3, -0.25) is 4.79 Å². The van der Waals surface area contributed by atoms with Gasteiger partial charge in [0.1, 0.15) is 11.8 Å². The number of amides is 1. The summed E-state index contributed by atoms with van der Waals surface area (Å²) >= 11 is 0. The van der Waals surface area contributed by atoms with Crippen LogP contribution in [0.5, 0.6) is 0 Å². The van der Waals surface area contributed by atoms with Gasteiger partial charge in [-0.15, -0.1) is 0 Å². The molecular formula is C12H18N2O2. The van der Waals surface area contributed by atoms with E-state index in [0.717, 1.165) is 24.3 Å². The third kappa shape index (κ3) is 1.73. The summed E-state index contributed by atoms with van der Waals surface area (Å²) in [5.41, 5.74) is 7.09. The third-order valence-corrected chi connectivity index (χ3v) is 3.11. The van der Waals surface area contributed by atoms with Crippen molar-refractivity contribution < 1.29 is 9.21 Å². The van der Waals surface area contributed by atoms with Crippen molar-refractivity contribution >= 4 is 5.91 Å². The lowest BCUT2D eigenvalue weighted by Crippen LogP contribution is -2.33. The second kappa shape index (κ2) is 4.29. The van der Waals surface area contributed by atoms with Crippen LogP contribution >= 0.6 is 0 Å². The van der Waals surface area contributed by atoms with Gasteiger partial charge < -0.3 is 15.1 Å². The van der Waals surface area contributed by atoms with Crippen LogP contribution in [0.2, 0.25) is 0 Å². The molecule has 1 aromatic rings. The molecule has 1 aliphatic heterocycles. The molecule has 0 aliphatic carbocycles. The Hall–Kier alpha value is -1.29. The first-order valence-electron chi connectivity index (χ1n) is 5.74. The first-order valence-corrected chi connectivity index (χ1v) is 5.74. The number of hydrogen-bond donors (Lipinski definition) is 1. The van der Waals surface area contributed by atoms with Crippen LogP contribution in [0.3, 0.4) is 0 Å². The van der Waals surface area contributed by atoms with E-state index in [2.05, 4.69) is 6.92 Å². The minimum absolute atomic E-state index is 0.0811. The van der Waals surface area contributed by atoms with Gasteiger partial charge in [0.05, 0.1) is 6.26 Å². The molecule has 0 radical (unpaired) electrons. The summed E-state index contributed by atoms with van der Waals surface area (Å²) in [6.07, 6.45) is 3.02. The number of hydrogen-bond acceptors (Lipinski definition) is 3. The summed E-state index contributed by atoms with van der Waals surface area (Å²) in [5, 5.41) is 0. The van der Waals surface area contributed by atoms with Gasteiger partial charge in [-0.25, -0.2) is 0 Å². The third-order valence-electron chi connectivity index (χ3n) is 3.11. The van der Waals surface area contributed by atoms with E-state index in [0.29, 0.717) is 6.42 Å². The molecule has 88 valence electrons. The summed E-state index contributed by atoms with van der Waals surface area (Å²) in [6.45, 7) is 4.79. The number of aryl methyl sites for hydroxylation is 1. The van der Waals surface area contributed by atoms with Gasteiger partial charge in [0.25, 0.3) is 0 Å². The van der Waals surface area contributed by atoms with E-state index in [1.165, 1.54) is 0 Å². The Balaban J connectivity index is 2.30. The molecule has 0 bridgehead atoms. The van der Waals surface area contributed by atoms with Gasteiger partial charge in [-0.2, -0.15) is 0 Å². The van der Waals surface area contributed by atoms with E-state index in [1.807, 2.05) is 17.9 Å². The second-order valence-electron chi connectivity index (χ2n) is 4.37. The van der Waals surface area contributed by atoms with Gasteiger partial charge >= 0.3 is 0 Å². The number of likely N-dealkylation sites (tertiary alicyclic amines) is 1. The van der Waals surface area contributed by atoms with E-state index in [-0.39, 0.29) is 18.0 Å². The van der Waals surface area contributed by atoms with Crippen LogP contribution in [0.1, 0.15) is 37.1 Å². The van der Waals surface area contributed by atoms with Crippen molar-refractivity contribution in [2.75, 3.05) is 6.54 Å². The van der Waals surface area contributed by atoms with Crippen molar-refractivity contribution in [3.8, 4) is 0 Å². The SMILES string of the molecule is CCCN1C(=O)CC(N)C1c1occc1C. The maximum Gasteiger partial charge on any atom is 0.224 e. The highest BCUT2D eigenvalue weighted by atomic mass is 16.3. The molecule has 4 heteroatoms. The summed E-state index contributed by atoms with van der Waals surface area (Å²) in [7, 11) is 0. The Labute approximate surface area is 95.4 Å². The fourth-order valence-corrected chi connectivity index (χ4v) is 2.34. The van der Waals surface area contributed by atoms with Crippen LogP contribution in [-0.4, -0.2) is 23.4 Å². The van der Waals surface area contributed by atoms with Crippen LogP contribution in [0.25, 0.3) is 0 Å². The molecule has 0 spiro atoms. The maximum absolute atomic E-state index is 11.8. The lowest BCUT2D eigenvalue weighted by molar-refractivity contribution is -0.129. The zero-order chi connectivity index (χ0) is 11.7. The Morgan fingerprint density at radius 1 is 1.62 bits per heavy atom. The number of nitrogens with zero attached hydrogens (tertiary/aromatic N) is 1. The molecule has 1 fully saturated rings. The van der Waals surface area contributed by atoms with Crippen LogP contribution in [0.15, 0.2) is 16.7 Å². The molecule has 2 rings (SSSR count). The molecule has 4 nitrogen and oxygen atoms in total. The summed E-state index contributed by atoms with van der Waals surface area (Å²) < 4.78 is 5.47. The Bertz CT molecular complexity index is 386. The molecule has 0 aromatic carbocycles. The summed E-state index contributed by atoms with van der Waals surface area (Å²) in [4.78, 5) is 13.6. The van der Waals surface area contributed by atoms with Crippen molar-refractivity contribution in [2.45, 2.75) is 38.8 Å². The molecule has 16 heavy (non-hydrogen) atoms. The molecule has 2 heterocycles. The molecule has 1 saturated heterocycles. The molecular weight excluding hydrogens is 204 g/mol. The highest BCUT2D eigenvalue weighted by molar-refractivity contribution is 5.80. The smallest absolute Gasteiger partial charge is 0.224 e. The van der Waals surface area contributed by atoms with E-state index < -0.39 is 0 Å². The molecule has 1 aromatic heterocycles. The highest BCUT2D eigenvalue weighted by Crippen LogP contribution is 2.34. The van der Waals surface area contributed by atoms with Crippen molar-refractivity contribution in [1.29, 1.82) is 0 Å². The van der Waals surface area contributed by atoms with Crippen LogP contribution < -0.4 is 5.73 Å². The topological polar surface area (TPSA) is 59.5 Å². The van der Waals surface area contributed by atoms with Gasteiger partial charge in [-0.1, -0.05) is 6.92 Å². The van der Waals surface area contributed by atoms with Crippen molar-refractivity contribution in [3.63, 3.8) is 0 Å². The Morgan fingerprint density at radius 3 is 2.94 bits per heavy atom. The minimum atomic E-state index is -0.149. The van der Waals surface area contributed by atoms with E-state index in [4.69, 9.17) is 10.2 Å². The maximum atomic E-state index is 11.8. The molecule has 0 saturated carbocycles. The van der Waals surface area contributed by atoms with Crippen molar-refractivity contribution in [1.82, 2.24) is 4.90 Å². The molecule has 1 amide bonds. The van der Waals surface area contributed by atoms with Crippen LogP contribution in [0.4, 0.5) is 0 Å². The second-order valence-corrected chi connectivity index (χ2v) is 4.37.